The van der Waals surface area contributed by atoms with Gasteiger partial charge in [0.05, 0.1) is 25.4 Å². The Morgan fingerprint density at radius 2 is 2.00 bits per heavy atom. The number of aromatic amines is 1. The van der Waals surface area contributed by atoms with Crippen LogP contribution in [-0.2, 0) is 6.42 Å². The second kappa shape index (κ2) is 3.74. The first-order chi connectivity index (χ1) is 8.27. The van der Waals surface area contributed by atoms with Crippen LogP contribution in [0.15, 0.2) is 6.20 Å². The second-order valence-electron chi connectivity index (χ2n) is 4.00. The van der Waals surface area contributed by atoms with Gasteiger partial charge >= 0.3 is 0 Å². The standard InChI is InChI=1S/C12H13ClN2O2/c1-16-11-8(13)9-7-6(3-4-14-9)5-15-10(7)12(11)17-2/h5,14-15H,3-4H2,1-2H3. The molecule has 0 atom stereocenters. The summed E-state index contributed by atoms with van der Waals surface area (Å²) in [6.07, 6.45) is 2.99. The van der Waals surface area contributed by atoms with Crippen molar-refractivity contribution in [2.75, 3.05) is 26.1 Å². The average molecular weight is 253 g/mol. The van der Waals surface area contributed by atoms with Gasteiger partial charge in [-0.1, -0.05) is 11.6 Å². The molecule has 0 radical (unpaired) electrons. The van der Waals surface area contributed by atoms with E-state index in [0.717, 1.165) is 29.6 Å². The number of rotatable bonds is 2. The maximum absolute atomic E-state index is 6.35. The molecular formula is C12H13ClN2O2. The predicted molar refractivity (Wildman–Crippen MR) is 68.6 cm³/mol. The number of benzene rings is 1. The van der Waals surface area contributed by atoms with E-state index in [9.17, 15) is 0 Å². The molecular weight excluding hydrogens is 240 g/mol. The van der Waals surface area contributed by atoms with Crippen molar-refractivity contribution in [1.29, 1.82) is 0 Å². The molecule has 0 fully saturated rings. The monoisotopic (exact) mass is 252 g/mol. The largest absolute Gasteiger partial charge is 0.491 e. The fourth-order valence-electron chi connectivity index (χ4n) is 2.43. The second-order valence-corrected chi connectivity index (χ2v) is 4.37. The number of halogens is 1. The first-order valence-corrected chi connectivity index (χ1v) is 5.83. The van der Waals surface area contributed by atoms with Gasteiger partial charge in [0, 0.05) is 18.1 Å². The number of aromatic nitrogens is 1. The van der Waals surface area contributed by atoms with Gasteiger partial charge in [0.15, 0.2) is 11.5 Å². The molecule has 4 nitrogen and oxygen atoms in total. The predicted octanol–water partition coefficient (Wildman–Crippen LogP) is 2.81. The van der Waals surface area contributed by atoms with Crippen LogP contribution in [0, 0.1) is 0 Å². The van der Waals surface area contributed by atoms with E-state index in [1.165, 1.54) is 5.56 Å². The summed E-state index contributed by atoms with van der Waals surface area (Å²) in [6.45, 7) is 0.884. The highest BCUT2D eigenvalue weighted by atomic mass is 35.5. The van der Waals surface area contributed by atoms with Crippen molar-refractivity contribution < 1.29 is 9.47 Å². The lowest BCUT2D eigenvalue weighted by atomic mass is 10.0. The SMILES string of the molecule is COc1c(Cl)c2c3c(c[nH]c3c1OC)CCN2. The number of ether oxygens (including phenoxy) is 2. The third-order valence-corrected chi connectivity index (χ3v) is 3.53. The number of hydrogen-bond donors (Lipinski definition) is 2. The molecule has 0 amide bonds. The summed E-state index contributed by atoms with van der Waals surface area (Å²) in [5.41, 5.74) is 3.13. The van der Waals surface area contributed by atoms with Gasteiger partial charge in [-0.2, -0.15) is 0 Å². The zero-order valence-electron chi connectivity index (χ0n) is 9.69. The molecule has 0 aliphatic carbocycles. The number of H-pyrrole nitrogens is 1. The summed E-state index contributed by atoms with van der Waals surface area (Å²) in [5, 5.41) is 5.01. The Kier molecular flexibility index (Phi) is 2.33. The molecule has 3 rings (SSSR count). The normalized spacial score (nSPS) is 13.6. The van der Waals surface area contributed by atoms with Crippen molar-refractivity contribution in [1.82, 2.24) is 4.98 Å². The third kappa shape index (κ3) is 1.30. The van der Waals surface area contributed by atoms with Crippen LogP contribution in [-0.4, -0.2) is 25.7 Å². The molecule has 1 aliphatic rings. The number of methoxy groups -OCH3 is 2. The minimum atomic E-state index is 0.569. The van der Waals surface area contributed by atoms with Crippen LogP contribution in [0.25, 0.3) is 10.9 Å². The summed E-state index contributed by atoms with van der Waals surface area (Å²) in [4.78, 5) is 3.24. The van der Waals surface area contributed by atoms with E-state index < -0.39 is 0 Å². The topological polar surface area (TPSA) is 46.3 Å². The van der Waals surface area contributed by atoms with Gasteiger partial charge in [-0.05, 0) is 12.0 Å². The summed E-state index contributed by atoms with van der Waals surface area (Å²) in [6, 6.07) is 0. The van der Waals surface area contributed by atoms with Crippen LogP contribution in [0.1, 0.15) is 5.56 Å². The van der Waals surface area contributed by atoms with Crippen LogP contribution >= 0.6 is 11.6 Å². The molecule has 90 valence electrons. The first-order valence-electron chi connectivity index (χ1n) is 5.45. The number of nitrogens with one attached hydrogen (secondary N) is 2. The van der Waals surface area contributed by atoms with Crippen molar-refractivity contribution in [3.05, 3.63) is 16.8 Å². The molecule has 17 heavy (non-hydrogen) atoms. The lowest BCUT2D eigenvalue weighted by molar-refractivity contribution is 0.358. The van der Waals surface area contributed by atoms with E-state index in [2.05, 4.69) is 10.3 Å². The molecule has 0 spiro atoms. The highest BCUT2D eigenvalue weighted by Crippen LogP contribution is 2.49. The minimum absolute atomic E-state index is 0.569. The van der Waals surface area contributed by atoms with E-state index in [1.54, 1.807) is 14.2 Å². The molecule has 0 unspecified atom stereocenters. The molecule has 0 saturated carbocycles. The van der Waals surface area contributed by atoms with Crippen molar-refractivity contribution in [2.45, 2.75) is 6.42 Å². The van der Waals surface area contributed by atoms with E-state index in [4.69, 9.17) is 21.1 Å². The van der Waals surface area contributed by atoms with E-state index in [1.807, 2.05) is 6.20 Å². The molecule has 2 N–H and O–H groups in total. The Hall–Kier alpha value is -1.55. The third-order valence-electron chi connectivity index (χ3n) is 3.17. The first kappa shape index (κ1) is 10.6. The van der Waals surface area contributed by atoms with Crippen molar-refractivity contribution >= 4 is 28.2 Å². The van der Waals surface area contributed by atoms with Gasteiger partial charge in [-0.15, -0.1) is 0 Å². The molecule has 2 aromatic rings. The molecule has 1 aromatic heterocycles. The van der Waals surface area contributed by atoms with E-state index >= 15 is 0 Å². The summed E-state index contributed by atoms with van der Waals surface area (Å²) >= 11 is 6.35. The van der Waals surface area contributed by atoms with Gasteiger partial charge in [0.1, 0.15) is 5.02 Å². The Morgan fingerprint density at radius 3 is 2.71 bits per heavy atom. The lowest BCUT2D eigenvalue weighted by Crippen LogP contribution is -2.11. The molecule has 0 bridgehead atoms. The fourth-order valence-corrected chi connectivity index (χ4v) is 2.75. The van der Waals surface area contributed by atoms with Crippen molar-refractivity contribution in [3.63, 3.8) is 0 Å². The van der Waals surface area contributed by atoms with Crippen LogP contribution < -0.4 is 14.8 Å². The fraction of sp³-hybridized carbons (Fsp3) is 0.333. The quantitative estimate of drug-likeness (QED) is 0.864. The van der Waals surface area contributed by atoms with Gasteiger partial charge in [-0.3, -0.25) is 0 Å². The zero-order chi connectivity index (χ0) is 12.0. The Balaban J connectivity index is 2.46. The number of hydrogen-bond acceptors (Lipinski definition) is 3. The van der Waals surface area contributed by atoms with Gasteiger partial charge in [0.2, 0.25) is 0 Å². The molecule has 2 heterocycles. The van der Waals surface area contributed by atoms with Crippen LogP contribution in [0.5, 0.6) is 11.5 Å². The lowest BCUT2D eigenvalue weighted by Gasteiger charge is -2.20. The highest BCUT2D eigenvalue weighted by molar-refractivity contribution is 6.37. The van der Waals surface area contributed by atoms with Gasteiger partial charge in [0.25, 0.3) is 0 Å². The van der Waals surface area contributed by atoms with Crippen molar-refractivity contribution in [2.24, 2.45) is 0 Å². The molecule has 5 heteroatoms. The summed E-state index contributed by atoms with van der Waals surface area (Å²) in [5.74, 6) is 1.23. The highest BCUT2D eigenvalue weighted by Gasteiger charge is 2.24. The Bertz CT molecular complexity index is 592. The van der Waals surface area contributed by atoms with Crippen molar-refractivity contribution in [3.8, 4) is 11.5 Å². The summed E-state index contributed by atoms with van der Waals surface area (Å²) in [7, 11) is 3.21. The number of anilines is 1. The molecule has 1 aliphatic heterocycles. The van der Waals surface area contributed by atoms with Gasteiger partial charge < -0.3 is 19.8 Å². The van der Waals surface area contributed by atoms with E-state index in [-0.39, 0.29) is 0 Å². The minimum Gasteiger partial charge on any atom is -0.491 e. The summed E-state index contributed by atoms with van der Waals surface area (Å²) < 4.78 is 10.7. The van der Waals surface area contributed by atoms with Crippen LogP contribution in [0.4, 0.5) is 5.69 Å². The van der Waals surface area contributed by atoms with E-state index in [0.29, 0.717) is 16.5 Å². The maximum atomic E-state index is 6.35. The Morgan fingerprint density at radius 1 is 1.24 bits per heavy atom. The molecule has 1 aromatic carbocycles. The van der Waals surface area contributed by atoms with Gasteiger partial charge in [-0.25, -0.2) is 0 Å². The maximum Gasteiger partial charge on any atom is 0.186 e. The van der Waals surface area contributed by atoms with Crippen LogP contribution in [0.3, 0.4) is 0 Å². The Labute approximate surface area is 104 Å². The zero-order valence-corrected chi connectivity index (χ0v) is 10.4. The smallest absolute Gasteiger partial charge is 0.186 e. The molecule has 0 saturated heterocycles. The van der Waals surface area contributed by atoms with Crippen LogP contribution in [0.2, 0.25) is 5.02 Å². The average Bonchev–Trinajstić information content (AvgIpc) is 2.78.